The van der Waals surface area contributed by atoms with Gasteiger partial charge in [0.1, 0.15) is 5.75 Å². The predicted molar refractivity (Wildman–Crippen MR) is 122 cm³/mol. The molecule has 0 heterocycles. The number of hydrogen-bond donors (Lipinski definition) is 3. The van der Waals surface area contributed by atoms with E-state index in [1.54, 1.807) is 67.6 Å². The Morgan fingerprint density at radius 1 is 0.844 bits per heavy atom. The summed E-state index contributed by atoms with van der Waals surface area (Å²) in [5, 5.41) is 16.7. The van der Waals surface area contributed by atoms with E-state index in [4.69, 9.17) is 9.47 Å². The topological polar surface area (TPSA) is 109 Å². The zero-order valence-corrected chi connectivity index (χ0v) is 17.9. The van der Waals surface area contributed by atoms with Gasteiger partial charge in [-0.15, -0.1) is 0 Å². The number of methoxy groups -OCH3 is 2. The number of rotatable bonds is 7. The highest BCUT2D eigenvalue weighted by Gasteiger charge is 2.16. The average molecular weight is 433 g/mol. The van der Waals surface area contributed by atoms with Crippen molar-refractivity contribution in [3.63, 3.8) is 0 Å². The highest BCUT2D eigenvalue weighted by molar-refractivity contribution is 6.09. The molecule has 8 nitrogen and oxygen atoms in total. The maximum atomic E-state index is 12.8. The lowest BCUT2D eigenvalue weighted by Gasteiger charge is -2.12. The molecule has 0 atom stereocenters. The van der Waals surface area contributed by atoms with E-state index in [1.165, 1.54) is 20.3 Å². The van der Waals surface area contributed by atoms with Crippen LogP contribution in [0.5, 0.6) is 17.2 Å². The van der Waals surface area contributed by atoms with E-state index in [0.29, 0.717) is 34.0 Å². The number of nitrogens with one attached hydrogen (secondary N) is 2. The molecule has 0 aliphatic heterocycles. The van der Waals surface area contributed by atoms with Crippen LogP contribution < -0.4 is 20.2 Å². The number of ether oxygens (including phenoxy) is 2. The zero-order valence-electron chi connectivity index (χ0n) is 17.9. The van der Waals surface area contributed by atoms with E-state index in [9.17, 15) is 14.7 Å². The molecule has 164 valence electrons. The Bertz CT molecular complexity index is 1170. The number of hydrazone groups is 1. The fourth-order valence-corrected chi connectivity index (χ4v) is 3.00. The number of aromatic hydroxyl groups is 1. The number of nitrogens with zero attached hydrogens (tertiary/aromatic N) is 1. The number of anilines is 1. The Kier molecular flexibility index (Phi) is 7.07. The molecule has 32 heavy (non-hydrogen) atoms. The molecule has 0 saturated heterocycles. The largest absolute Gasteiger partial charge is 0.507 e. The molecular formula is C24H23N3O5. The molecule has 0 aromatic heterocycles. The number of benzene rings is 3. The van der Waals surface area contributed by atoms with E-state index < -0.39 is 11.8 Å². The summed E-state index contributed by atoms with van der Waals surface area (Å²) in [6, 6.07) is 18.0. The van der Waals surface area contributed by atoms with Crippen LogP contribution in [0.4, 0.5) is 5.69 Å². The highest BCUT2D eigenvalue weighted by Crippen LogP contribution is 2.28. The molecule has 3 N–H and O–H groups in total. The molecule has 0 aliphatic carbocycles. The van der Waals surface area contributed by atoms with Crippen molar-refractivity contribution in [2.75, 3.05) is 19.5 Å². The number of hydrogen-bond acceptors (Lipinski definition) is 6. The molecular weight excluding hydrogens is 410 g/mol. The molecule has 2 amide bonds. The lowest BCUT2D eigenvalue weighted by atomic mass is 10.1. The molecule has 0 fully saturated rings. The Balaban J connectivity index is 1.78. The summed E-state index contributed by atoms with van der Waals surface area (Å²) >= 11 is 0. The third-order valence-electron chi connectivity index (χ3n) is 4.68. The van der Waals surface area contributed by atoms with Gasteiger partial charge in [-0.1, -0.05) is 24.3 Å². The van der Waals surface area contributed by atoms with Crippen molar-refractivity contribution in [3.8, 4) is 17.2 Å². The fourth-order valence-electron chi connectivity index (χ4n) is 3.00. The van der Waals surface area contributed by atoms with Gasteiger partial charge in [-0.25, -0.2) is 5.43 Å². The van der Waals surface area contributed by atoms with Crippen LogP contribution in [0.3, 0.4) is 0 Å². The minimum atomic E-state index is -0.511. The number of phenolic OH excluding ortho intramolecular Hbond substituents is 1. The number of carbonyl (C=O) groups excluding carboxylic acids is 2. The second-order valence-corrected chi connectivity index (χ2v) is 6.72. The van der Waals surface area contributed by atoms with Gasteiger partial charge < -0.3 is 19.9 Å². The normalized spacial score (nSPS) is 10.9. The number of amides is 2. The standard InChI is InChI=1S/C24H23N3O5/c1-15(17-8-5-7-11-20(17)28)26-27-24(30)18-9-4-6-10-19(18)25-23(29)16-12-13-21(31-2)22(14-16)32-3/h4-14,28H,1-3H3,(H,25,29)(H,27,30)/b26-15+. The van der Waals surface area contributed by atoms with Crippen LogP contribution in [-0.2, 0) is 0 Å². The predicted octanol–water partition coefficient (Wildman–Crippen LogP) is 3.82. The summed E-state index contributed by atoms with van der Waals surface area (Å²) in [5.74, 6) is 0.0512. The van der Waals surface area contributed by atoms with Crippen LogP contribution in [-0.4, -0.2) is 36.9 Å². The minimum absolute atomic E-state index is 0.0607. The van der Waals surface area contributed by atoms with Crippen molar-refractivity contribution in [1.82, 2.24) is 5.43 Å². The molecule has 8 heteroatoms. The first-order valence-electron chi connectivity index (χ1n) is 9.70. The van der Waals surface area contributed by atoms with E-state index in [-0.39, 0.29) is 11.3 Å². The maximum absolute atomic E-state index is 12.8. The van der Waals surface area contributed by atoms with Crippen LogP contribution in [0, 0.1) is 0 Å². The lowest BCUT2D eigenvalue weighted by molar-refractivity contribution is 0.0955. The minimum Gasteiger partial charge on any atom is -0.507 e. The van der Waals surface area contributed by atoms with Crippen LogP contribution in [0.25, 0.3) is 0 Å². The van der Waals surface area contributed by atoms with Crippen molar-refractivity contribution in [2.24, 2.45) is 5.10 Å². The van der Waals surface area contributed by atoms with Gasteiger partial charge in [0.25, 0.3) is 11.8 Å². The number of carbonyl (C=O) groups is 2. The monoisotopic (exact) mass is 433 g/mol. The van der Waals surface area contributed by atoms with Gasteiger partial charge in [-0.05, 0) is 49.4 Å². The molecule has 0 bridgehead atoms. The van der Waals surface area contributed by atoms with Crippen molar-refractivity contribution in [3.05, 3.63) is 83.4 Å². The summed E-state index contributed by atoms with van der Waals surface area (Å²) in [6.07, 6.45) is 0. The SMILES string of the molecule is COc1ccc(C(=O)Nc2ccccc2C(=O)N/N=C(\C)c2ccccc2O)cc1OC. The molecule has 0 aliphatic rings. The molecule has 0 spiro atoms. The molecule has 3 aromatic rings. The molecule has 0 radical (unpaired) electrons. The van der Waals surface area contributed by atoms with Crippen molar-refractivity contribution >= 4 is 23.2 Å². The second kappa shape index (κ2) is 10.1. The maximum Gasteiger partial charge on any atom is 0.273 e. The van der Waals surface area contributed by atoms with Crippen molar-refractivity contribution < 1.29 is 24.2 Å². The quantitative estimate of drug-likeness (QED) is 0.388. The van der Waals surface area contributed by atoms with Gasteiger partial charge in [0, 0.05) is 11.1 Å². The zero-order chi connectivity index (χ0) is 23.1. The van der Waals surface area contributed by atoms with Gasteiger partial charge in [0.05, 0.1) is 31.2 Å². The van der Waals surface area contributed by atoms with Crippen LogP contribution in [0.1, 0.15) is 33.2 Å². The first-order chi connectivity index (χ1) is 15.4. The second-order valence-electron chi connectivity index (χ2n) is 6.72. The van der Waals surface area contributed by atoms with Crippen LogP contribution >= 0.6 is 0 Å². The van der Waals surface area contributed by atoms with Gasteiger partial charge >= 0.3 is 0 Å². The van der Waals surface area contributed by atoms with E-state index in [1.807, 2.05) is 0 Å². The number of para-hydroxylation sites is 2. The summed E-state index contributed by atoms with van der Waals surface area (Å²) in [4.78, 5) is 25.5. The smallest absolute Gasteiger partial charge is 0.273 e. The lowest BCUT2D eigenvalue weighted by Crippen LogP contribution is -2.22. The first kappa shape index (κ1) is 22.4. The Morgan fingerprint density at radius 2 is 1.50 bits per heavy atom. The Morgan fingerprint density at radius 3 is 2.19 bits per heavy atom. The van der Waals surface area contributed by atoms with E-state index >= 15 is 0 Å². The van der Waals surface area contributed by atoms with Crippen molar-refractivity contribution in [2.45, 2.75) is 6.92 Å². The van der Waals surface area contributed by atoms with Gasteiger partial charge in [-0.2, -0.15) is 5.10 Å². The third kappa shape index (κ3) is 5.04. The van der Waals surface area contributed by atoms with E-state index in [2.05, 4.69) is 15.8 Å². The van der Waals surface area contributed by atoms with Crippen molar-refractivity contribution in [1.29, 1.82) is 0 Å². The Hall–Kier alpha value is -4.33. The summed E-state index contributed by atoms with van der Waals surface area (Å²) in [7, 11) is 2.99. The first-order valence-corrected chi connectivity index (χ1v) is 9.70. The van der Waals surface area contributed by atoms with Crippen LogP contribution in [0.15, 0.2) is 71.8 Å². The Labute approximate surface area is 185 Å². The fraction of sp³-hybridized carbons (Fsp3) is 0.125. The highest BCUT2D eigenvalue weighted by atomic mass is 16.5. The molecule has 0 unspecified atom stereocenters. The molecule has 0 saturated carbocycles. The third-order valence-corrected chi connectivity index (χ3v) is 4.68. The molecule has 3 rings (SSSR count). The average Bonchev–Trinajstić information content (AvgIpc) is 2.82. The van der Waals surface area contributed by atoms with Crippen LogP contribution in [0.2, 0.25) is 0 Å². The van der Waals surface area contributed by atoms with Gasteiger partial charge in [0.2, 0.25) is 0 Å². The number of phenols is 1. The summed E-state index contributed by atoms with van der Waals surface area (Å²) < 4.78 is 10.4. The van der Waals surface area contributed by atoms with Gasteiger partial charge in [-0.3, -0.25) is 9.59 Å². The summed E-state index contributed by atoms with van der Waals surface area (Å²) in [5.41, 5.74) is 4.29. The summed E-state index contributed by atoms with van der Waals surface area (Å²) in [6.45, 7) is 1.67. The van der Waals surface area contributed by atoms with E-state index in [0.717, 1.165) is 0 Å². The van der Waals surface area contributed by atoms with Gasteiger partial charge in [0.15, 0.2) is 11.5 Å². The molecule has 3 aromatic carbocycles.